The summed E-state index contributed by atoms with van der Waals surface area (Å²) in [4.78, 5) is 7.04. The normalized spacial score (nSPS) is 22.5. The van der Waals surface area contributed by atoms with Crippen LogP contribution in [0.4, 0.5) is 0 Å². The van der Waals surface area contributed by atoms with Crippen molar-refractivity contribution in [2.75, 3.05) is 33.2 Å². The zero-order chi connectivity index (χ0) is 17.5. The molecule has 1 saturated heterocycles. The van der Waals surface area contributed by atoms with Crippen LogP contribution in [0.15, 0.2) is 29.3 Å². The Balaban J connectivity index is 1.48. The zero-order valence-corrected chi connectivity index (χ0v) is 15.9. The highest BCUT2D eigenvalue weighted by atomic mass is 15.2. The standard InChI is InChI=1S/C21H34N4/c1-3-13-25-14-11-19(12-15-25)24-21(22-2)23-16-18-9-6-8-17-7-4-5-10-20(17)18/h4-5,7,10,18-19H,3,6,8-9,11-16H2,1-2H3,(H2,22,23,24). The van der Waals surface area contributed by atoms with Gasteiger partial charge in [-0.3, -0.25) is 4.99 Å². The molecule has 3 rings (SSSR count). The maximum atomic E-state index is 4.46. The molecule has 4 heteroatoms. The largest absolute Gasteiger partial charge is 0.356 e. The zero-order valence-electron chi connectivity index (χ0n) is 15.9. The molecule has 4 nitrogen and oxygen atoms in total. The van der Waals surface area contributed by atoms with Crippen molar-refractivity contribution in [3.05, 3.63) is 35.4 Å². The van der Waals surface area contributed by atoms with Crippen LogP contribution in [0.5, 0.6) is 0 Å². The molecule has 1 unspecified atom stereocenters. The third-order valence-electron chi connectivity index (χ3n) is 5.70. The van der Waals surface area contributed by atoms with Crippen molar-refractivity contribution in [2.24, 2.45) is 4.99 Å². The van der Waals surface area contributed by atoms with E-state index in [4.69, 9.17) is 0 Å². The number of guanidine groups is 1. The first-order valence-electron chi connectivity index (χ1n) is 10.1. The lowest BCUT2D eigenvalue weighted by Gasteiger charge is -2.33. The van der Waals surface area contributed by atoms with Crippen LogP contribution in [-0.4, -0.2) is 50.1 Å². The maximum Gasteiger partial charge on any atom is 0.191 e. The second-order valence-electron chi connectivity index (χ2n) is 7.50. The number of piperidine rings is 1. The number of benzene rings is 1. The molecular formula is C21H34N4. The van der Waals surface area contributed by atoms with Gasteiger partial charge in [0.05, 0.1) is 0 Å². The van der Waals surface area contributed by atoms with E-state index in [1.54, 1.807) is 0 Å². The van der Waals surface area contributed by atoms with Gasteiger partial charge in [0.15, 0.2) is 5.96 Å². The second kappa shape index (κ2) is 9.23. The Kier molecular flexibility index (Phi) is 6.74. The Morgan fingerprint density at radius 3 is 2.76 bits per heavy atom. The Hall–Kier alpha value is -1.55. The molecular weight excluding hydrogens is 308 g/mol. The van der Waals surface area contributed by atoms with E-state index < -0.39 is 0 Å². The summed E-state index contributed by atoms with van der Waals surface area (Å²) >= 11 is 0. The molecule has 0 aromatic heterocycles. The molecule has 0 radical (unpaired) electrons. The highest BCUT2D eigenvalue weighted by molar-refractivity contribution is 5.80. The van der Waals surface area contributed by atoms with E-state index in [0.29, 0.717) is 12.0 Å². The van der Waals surface area contributed by atoms with Crippen molar-refractivity contribution in [2.45, 2.75) is 57.4 Å². The molecule has 2 aliphatic rings. The number of nitrogens with zero attached hydrogens (tertiary/aromatic N) is 2. The van der Waals surface area contributed by atoms with E-state index in [1.807, 2.05) is 7.05 Å². The number of aryl methyl sites for hydroxylation is 1. The number of fused-ring (bicyclic) bond motifs is 1. The van der Waals surface area contributed by atoms with Crippen LogP contribution < -0.4 is 10.6 Å². The molecule has 1 atom stereocenters. The highest BCUT2D eigenvalue weighted by Crippen LogP contribution is 2.30. The molecule has 0 saturated carbocycles. The van der Waals surface area contributed by atoms with Crippen molar-refractivity contribution >= 4 is 5.96 Å². The predicted octanol–water partition coefficient (Wildman–Crippen LogP) is 3.15. The number of likely N-dealkylation sites (tertiary alicyclic amines) is 1. The van der Waals surface area contributed by atoms with Crippen molar-refractivity contribution in [1.29, 1.82) is 0 Å². The van der Waals surface area contributed by atoms with Crippen molar-refractivity contribution in [1.82, 2.24) is 15.5 Å². The lowest BCUT2D eigenvalue weighted by Crippen LogP contribution is -2.49. The van der Waals surface area contributed by atoms with E-state index in [9.17, 15) is 0 Å². The molecule has 0 spiro atoms. The lowest BCUT2D eigenvalue weighted by molar-refractivity contribution is 0.206. The molecule has 1 fully saturated rings. The van der Waals surface area contributed by atoms with Crippen LogP contribution in [-0.2, 0) is 6.42 Å². The summed E-state index contributed by atoms with van der Waals surface area (Å²) in [5.41, 5.74) is 3.07. The summed E-state index contributed by atoms with van der Waals surface area (Å²) in [6, 6.07) is 9.49. The molecule has 1 aliphatic carbocycles. The quantitative estimate of drug-likeness (QED) is 0.638. The molecule has 1 aromatic rings. The van der Waals surface area contributed by atoms with E-state index >= 15 is 0 Å². The van der Waals surface area contributed by atoms with Gasteiger partial charge in [0, 0.05) is 38.6 Å². The average molecular weight is 343 g/mol. The molecule has 138 valence electrons. The fraction of sp³-hybridized carbons (Fsp3) is 0.667. The monoisotopic (exact) mass is 342 g/mol. The van der Waals surface area contributed by atoms with Crippen LogP contribution in [0.25, 0.3) is 0 Å². The number of rotatable bonds is 5. The fourth-order valence-corrected chi connectivity index (χ4v) is 4.29. The molecule has 1 aromatic carbocycles. The third-order valence-corrected chi connectivity index (χ3v) is 5.70. The number of nitrogens with one attached hydrogen (secondary N) is 2. The van der Waals surface area contributed by atoms with Gasteiger partial charge in [-0.15, -0.1) is 0 Å². The van der Waals surface area contributed by atoms with Gasteiger partial charge in [-0.2, -0.15) is 0 Å². The van der Waals surface area contributed by atoms with E-state index in [2.05, 4.69) is 51.7 Å². The van der Waals surface area contributed by atoms with Crippen molar-refractivity contribution < 1.29 is 0 Å². The first-order chi connectivity index (χ1) is 12.3. The minimum absolute atomic E-state index is 0.554. The minimum atomic E-state index is 0.554. The van der Waals surface area contributed by atoms with Gasteiger partial charge in [0.1, 0.15) is 0 Å². The van der Waals surface area contributed by atoms with Crippen LogP contribution in [0.3, 0.4) is 0 Å². The fourth-order valence-electron chi connectivity index (χ4n) is 4.29. The summed E-state index contributed by atoms with van der Waals surface area (Å²) in [6.45, 7) is 6.89. The Morgan fingerprint density at radius 2 is 2.00 bits per heavy atom. The van der Waals surface area contributed by atoms with Gasteiger partial charge in [0.2, 0.25) is 0 Å². The molecule has 1 aliphatic heterocycles. The van der Waals surface area contributed by atoms with E-state index in [-0.39, 0.29) is 0 Å². The number of hydrogen-bond acceptors (Lipinski definition) is 2. The minimum Gasteiger partial charge on any atom is -0.356 e. The van der Waals surface area contributed by atoms with Gasteiger partial charge < -0.3 is 15.5 Å². The summed E-state index contributed by atoms with van der Waals surface area (Å²) in [5, 5.41) is 7.23. The van der Waals surface area contributed by atoms with Gasteiger partial charge in [-0.05, 0) is 56.2 Å². The Morgan fingerprint density at radius 1 is 1.20 bits per heavy atom. The van der Waals surface area contributed by atoms with E-state index in [1.165, 1.54) is 69.3 Å². The molecule has 0 bridgehead atoms. The number of aliphatic imine (C=N–C) groups is 1. The summed E-state index contributed by atoms with van der Waals surface area (Å²) in [6.07, 6.45) is 7.49. The van der Waals surface area contributed by atoms with Crippen molar-refractivity contribution in [3.63, 3.8) is 0 Å². The molecule has 2 N–H and O–H groups in total. The smallest absolute Gasteiger partial charge is 0.191 e. The van der Waals surface area contributed by atoms with Gasteiger partial charge in [0.25, 0.3) is 0 Å². The first kappa shape index (κ1) is 18.2. The summed E-state index contributed by atoms with van der Waals surface area (Å²) in [7, 11) is 1.89. The highest BCUT2D eigenvalue weighted by Gasteiger charge is 2.22. The van der Waals surface area contributed by atoms with Gasteiger partial charge in [-0.25, -0.2) is 0 Å². The Bertz CT molecular complexity index is 561. The second-order valence-corrected chi connectivity index (χ2v) is 7.50. The summed E-state index contributed by atoms with van der Waals surface area (Å²) in [5.74, 6) is 1.58. The SMILES string of the molecule is CCCN1CCC(NC(=NC)NCC2CCCc3ccccc32)CC1. The number of hydrogen-bond donors (Lipinski definition) is 2. The van der Waals surface area contributed by atoms with Crippen LogP contribution in [0.1, 0.15) is 56.1 Å². The van der Waals surface area contributed by atoms with Crippen LogP contribution in [0.2, 0.25) is 0 Å². The molecule has 1 heterocycles. The van der Waals surface area contributed by atoms with Crippen LogP contribution in [0, 0.1) is 0 Å². The topological polar surface area (TPSA) is 39.7 Å². The van der Waals surface area contributed by atoms with Crippen molar-refractivity contribution in [3.8, 4) is 0 Å². The Labute approximate surface area is 153 Å². The van der Waals surface area contributed by atoms with Gasteiger partial charge >= 0.3 is 0 Å². The summed E-state index contributed by atoms with van der Waals surface area (Å²) < 4.78 is 0. The molecule has 25 heavy (non-hydrogen) atoms. The molecule has 0 amide bonds. The average Bonchev–Trinajstić information content (AvgIpc) is 2.66. The van der Waals surface area contributed by atoms with Crippen LogP contribution >= 0.6 is 0 Å². The predicted molar refractivity (Wildman–Crippen MR) is 106 cm³/mol. The first-order valence-corrected chi connectivity index (χ1v) is 10.1. The lowest BCUT2D eigenvalue weighted by atomic mass is 9.83. The van der Waals surface area contributed by atoms with E-state index in [0.717, 1.165) is 12.5 Å². The maximum absolute atomic E-state index is 4.46. The van der Waals surface area contributed by atoms with Gasteiger partial charge in [-0.1, -0.05) is 31.2 Å². The third kappa shape index (κ3) is 4.97.